The van der Waals surface area contributed by atoms with E-state index < -0.39 is 0 Å². The van der Waals surface area contributed by atoms with Gasteiger partial charge in [-0.15, -0.1) is 10.2 Å². The second-order valence-electron chi connectivity index (χ2n) is 8.03. The zero-order chi connectivity index (χ0) is 21.2. The third-order valence-electron chi connectivity index (χ3n) is 6.06. The number of benzene rings is 1. The molecule has 0 saturated carbocycles. The highest BCUT2D eigenvalue weighted by Gasteiger charge is 2.31. The number of amides is 2. The Hall–Kier alpha value is -3.26. The quantitative estimate of drug-likeness (QED) is 0.637. The van der Waals surface area contributed by atoms with Crippen LogP contribution < -0.4 is 4.90 Å². The molecule has 2 aliphatic rings. The number of urea groups is 1. The smallest absolute Gasteiger partial charge is 0.320 e. The van der Waals surface area contributed by atoms with Crippen LogP contribution in [0.5, 0.6) is 0 Å². The van der Waals surface area contributed by atoms with Crippen LogP contribution in [0.25, 0.3) is 22.0 Å². The normalized spacial score (nSPS) is 19.6. The third kappa shape index (κ3) is 3.79. The van der Waals surface area contributed by atoms with Gasteiger partial charge in [-0.05, 0) is 13.0 Å². The van der Waals surface area contributed by atoms with Crippen LogP contribution >= 0.6 is 0 Å². The SMILES string of the molecule is CC1CN(C(=O)N2CCOCC2)CCN1c1nnc(-c2ccccc2)c2ccncc12. The summed E-state index contributed by atoms with van der Waals surface area (Å²) >= 11 is 0. The molecule has 5 rings (SSSR count). The Morgan fingerprint density at radius 3 is 2.55 bits per heavy atom. The van der Waals surface area contributed by atoms with Crippen LogP contribution in [0.4, 0.5) is 10.6 Å². The van der Waals surface area contributed by atoms with Gasteiger partial charge in [-0.2, -0.15) is 0 Å². The second-order valence-corrected chi connectivity index (χ2v) is 8.03. The third-order valence-corrected chi connectivity index (χ3v) is 6.06. The minimum absolute atomic E-state index is 0.104. The molecule has 3 aromatic rings. The molecule has 8 heteroatoms. The summed E-state index contributed by atoms with van der Waals surface area (Å²) in [7, 11) is 0. The fraction of sp³-hybridized carbons (Fsp3) is 0.391. The molecule has 4 heterocycles. The molecule has 0 spiro atoms. The predicted molar refractivity (Wildman–Crippen MR) is 119 cm³/mol. The number of morpholine rings is 1. The minimum atomic E-state index is 0.104. The Morgan fingerprint density at radius 2 is 1.77 bits per heavy atom. The van der Waals surface area contributed by atoms with Gasteiger partial charge >= 0.3 is 6.03 Å². The highest BCUT2D eigenvalue weighted by Crippen LogP contribution is 2.32. The lowest BCUT2D eigenvalue weighted by Crippen LogP contribution is -2.58. The van der Waals surface area contributed by atoms with Crippen molar-refractivity contribution in [1.29, 1.82) is 0 Å². The number of aromatic nitrogens is 3. The molecule has 2 amide bonds. The van der Waals surface area contributed by atoms with E-state index >= 15 is 0 Å². The molecule has 0 bridgehead atoms. The fourth-order valence-electron chi connectivity index (χ4n) is 4.41. The summed E-state index contributed by atoms with van der Waals surface area (Å²) in [5.74, 6) is 0.828. The molecule has 160 valence electrons. The molecule has 2 aliphatic heterocycles. The molecule has 2 fully saturated rings. The van der Waals surface area contributed by atoms with Crippen molar-refractivity contribution < 1.29 is 9.53 Å². The van der Waals surface area contributed by atoms with E-state index in [2.05, 4.69) is 27.0 Å². The number of nitrogens with zero attached hydrogens (tertiary/aromatic N) is 6. The number of anilines is 1. The number of hydrogen-bond donors (Lipinski definition) is 0. The number of carbonyl (C=O) groups is 1. The van der Waals surface area contributed by atoms with Gasteiger partial charge < -0.3 is 19.4 Å². The first-order valence-electron chi connectivity index (χ1n) is 10.8. The highest BCUT2D eigenvalue weighted by molar-refractivity contribution is 5.99. The molecule has 2 aromatic heterocycles. The molecule has 8 nitrogen and oxygen atoms in total. The van der Waals surface area contributed by atoms with E-state index in [0.717, 1.165) is 27.8 Å². The van der Waals surface area contributed by atoms with Crippen molar-refractivity contribution in [3.63, 3.8) is 0 Å². The van der Waals surface area contributed by atoms with Crippen molar-refractivity contribution in [2.24, 2.45) is 0 Å². The van der Waals surface area contributed by atoms with Crippen LogP contribution in [0, 0.1) is 0 Å². The van der Waals surface area contributed by atoms with Gasteiger partial charge in [-0.1, -0.05) is 30.3 Å². The summed E-state index contributed by atoms with van der Waals surface area (Å²) in [4.78, 5) is 23.3. The number of carbonyl (C=O) groups excluding carboxylic acids is 1. The van der Waals surface area contributed by atoms with Gasteiger partial charge in [0.25, 0.3) is 0 Å². The maximum Gasteiger partial charge on any atom is 0.320 e. The van der Waals surface area contributed by atoms with E-state index in [1.807, 2.05) is 52.4 Å². The van der Waals surface area contributed by atoms with E-state index in [4.69, 9.17) is 4.74 Å². The van der Waals surface area contributed by atoms with E-state index in [-0.39, 0.29) is 12.1 Å². The molecule has 1 aromatic carbocycles. The first-order valence-corrected chi connectivity index (χ1v) is 10.8. The Balaban J connectivity index is 1.41. The molecular formula is C23H26N6O2. The average molecular weight is 419 g/mol. The van der Waals surface area contributed by atoms with Gasteiger partial charge in [0, 0.05) is 67.5 Å². The van der Waals surface area contributed by atoms with Crippen LogP contribution in [0.1, 0.15) is 6.92 Å². The first-order chi connectivity index (χ1) is 15.2. The van der Waals surface area contributed by atoms with E-state index in [1.54, 1.807) is 6.20 Å². The molecule has 31 heavy (non-hydrogen) atoms. The predicted octanol–water partition coefficient (Wildman–Crippen LogP) is 2.65. The van der Waals surface area contributed by atoms with Crippen LogP contribution in [-0.2, 0) is 4.74 Å². The highest BCUT2D eigenvalue weighted by atomic mass is 16.5. The zero-order valence-electron chi connectivity index (χ0n) is 17.6. The summed E-state index contributed by atoms with van der Waals surface area (Å²) in [6, 6.07) is 12.3. The van der Waals surface area contributed by atoms with Crippen molar-refractivity contribution in [3.8, 4) is 11.3 Å². The van der Waals surface area contributed by atoms with E-state index in [9.17, 15) is 4.79 Å². The summed E-state index contributed by atoms with van der Waals surface area (Å²) in [5.41, 5.74) is 1.89. The molecule has 2 saturated heterocycles. The van der Waals surface area contributed by atoms with Gasteiger partial charge in [0.2, 0.25) is 0 Å². The topological polar surface area (TPSA) is 74.7 Å². The minimum Gasteiger partial charge on any atom is -0.378 e. The summed E-state index contributed by atoms with van der Waals surface area (Å²) < 4.78 is 5.37. The van der Waals surface area contributed by atoms with Crippen LogP contribution in [-0.4, -0.2) is 83.0 Å². The van der Waals surface area contributed by atoms with Crippen LogP contribution in [0.3, 0.4) is 0 Å². The number of hydrogen-bond acceptors (Lipinski definition) is 6. The lowest BCUT2D eigenvalue weighted by molar-refractivity contribution is 0.0418. The van der Waals surface area contributed by atoms with Crippen molar-refractivity contribution >= 4 is 22.6 Å². The van der Waals surface area contributed by atoms with Crippen molar-refractivity contribution in [2.75, 3.05) is 50.8 Å². The van der Waals surface area contributed by atoms with Gasteiger partial charge in [-0.25, -0.2) is 4.79 Å². The Kier molecular flexibility index (Phi) is 5.38. The largest absolute Gasteiger partial charge is 0.378 e. The Labute approximate surface area is 181 Å². The Bertz CT molecular complexity index is 1070. The molecular weight excluding hydrogens is 392 g/mol. The lowest BCUT2D eigenvalue weighted by Gasteiger charge is -2.42. The first kappa shape index (κ1) is 19.7. The van der Waals surface area contributed by atoms with Gasteiger partial charge in [0.1, 0.15) is 5.69 Å². The van der Waals surface area contributed by atoms with Gasteiger partial charge in [-0.3, -0.25) is 4.98 Å². The van der Waals surface area contributed by atoms with Crippen molar-refractivity contribution in [1.82, 2.24) is 25.0 Å². The maximum absolute atomic E-state index is 12.9. The van der Waals surface area contributed by atoms with Crippen molar-refractivity contribution in [3.05, 3.63) is 48.8 Å². The molecule has 0 aliphatic carbocycles. The summed E-state index contributed by atoms with van der Waals surface area (Å²) in [5, 5.41) is 11.2. The average Bonchev–Trinajstić information content (AvgIpc) is 2.84. The van der Waals surface area contributed by atoms with Crippen molar-refractivity contribution in [2.45, 2.75) is 13.0 Å². The number of pyridine rings is 1. The lowest BCUT2D eigenvalue weighted by atomic mass is 10.1. The van der Waals surface area contributed by atoms with Gasteiger partial charge in [0.05, 0.1) is 13.2 Å². The number of rotatable bonds is 2. The number of piperazine rings is 1. The number of ether oxygens (including phenoxy) is 1. The molecule has 0 radical (unpaired) electrons. The maximum atomic E-state index is 12.9. The second kappa shape index (κ2) is 8.47. The Morgan fingerprint density at radius 1 is 0.968 bits per heavy atom. The van der Waals surface area contributed by atoms with E-state index in [0.29, 0.717) is 45.9 Å². The molecule has 1 unspecified atom stereocenters. The molecule has 0 N–H and O–H groups in total. The van der Waals surface area contributed by atoms with Crippen LogP contribution in [0.15, 0.2) is 48.8 Å². The molecule has 1 atom stereocenters. The zero-order valence-corrected chi connectivity index (χ0v) is 17.6. The van der Waals surface area contributed by atoms with Crippen LogP contribution in [0.2, 0.25) is 0 Å². The monoisotopic (exact) mass is 418 g/mol. The standard InChI is InChI=1S/C23H26N6O2/c1-17-16-28(23(30)27-11-13-31-14-12-27)9-10-29(17)22-20-15-24-8-7-19(20)21(25-26-22)18-5-3-2-4-6-18/h2-8,15,17H,9-14,16H2,1H3. The van der Waals surface area contributed by atoms with Gasteiger partial charge in [0.15, 0.2) is 5.82 Å². The summed E-state index contributed by atoms with van der Waals surface area (Å²) in [6.45, 7) is 6.71. The fourth-order valence-corrected chi connectivity index (χ4v) is 4.41. The summed E-state index contributed by atoms with van der Waals surface area (Å²) in [6.07, 6.45) is 3.66. The van der Waals surface area contributed by atoms with E-state index in [1.165, 1.54) is 0 Å². The number of fused-ring (bicyclic) bond motifs is 1.